The first-order valence-corrected chi connectivity index (χ1v) is 15.5. The summed E-state index contributed by atoms with van der Waals surface area (Å²) in [6.45, 7) is 3.25. The van der Waals surface area contributed by atoms with Gasteiger partial charge >= 0.3 is 0 Å². The second-order valence-corrected chi connectivity index (χ2v) is 12.3. The molecule has 1 fully saturated rings. The zero-order valence-corrected chi connectivity index (χ0v) is 25.4. The number of hydrogen-bond acceptors (Lipinski definition) is 6. The summed E-state index contributed by atoms with van der Waals surface area (Å²) in [5.74, 6) is -0.0335. The number of benzene rings is 3. The topological polar surface area (TPSA) is 105 Å². The fourth-order valence-corrected chi connectivity index (χ4v) is 6.60. The van der Waals surface area contributed by atoms with E-state index in [1.54, 1.807) is 37.3 Å². The molecule has 224 valence electrons. The summed E-state index contributed by atoms with van der Waals surface area (Å²) in [6.07, 6.45) is 3.94. The van der Waals surface area contributed by atoms with Crippen LogP contribution in [0.5, 0.6) is 11.5 Å². The van der Waals surface area contributed by atoms with Crippen molar-refractivity contribution >= 4 is 27.5 Å². The maximum atomic E-state index is 14.2. The Kier molecular flexibility index (Phi) is 10.1. The molecule has 0 radical (unpaired) electrons. The Hall–Kier alpha value is -4.05. The summed E-state index contributed by atoms with van der Waals surface area (Å²) in [6, 6.07) is 19.5. The maximum Gasteiger partial charge on any atom is 0.264 e. The Labute approximate surface area is 248 Å². The molecule has 1 aliphatic rings. The Morgan fingerprint density at radius 2 is 1.57 bits per heavy atom. The number of rotatable bonds is 12. The first-order valence-electron chi connectivity index (χ1n) is 14.1. The number of ether oxygens (including phenoxy) is 2. The van der Waals surface area contributed by atoms with Crippen molar-refractivity contribution < 1.29 is 27.5 Å². The van der Waals surface area contributed by atoms with Gasteiger partial charge in [-0.05, 0) is 62.1 Å². The Morgan fingerprint density at radius 3 is 2.21 bits per heavy atom. The lowest BCUT2D eigenvalue weighted by atomic mass is 10.1. The second-order valence-electron chi connectivity index (χ2n) is 10.5. The van der Waals surface area contributed by atoms with Gasteiger partial charge in [0.15, 0.2) is 11.5 Å². The van der Waals surface area contributed by atoms with Gasteiger partial charge in [0.05, 0.1) is 24.8 Å². The normalized spacial score (nSPS) is 14.2. The smallest absolute Gasteiger partial charge is 0.264 e. The van der Waals surface area contributed by atoms with Crippen molar-refractivity contribution in [3.05, 3.63) is 83.9 Å². The summed E-state index contributed by atoms with van der Waals surface area (Å²) in [5, 5.41) is 3.09. The molecule has 10 heteroatoms. The number of sulfonamides is 1. The molecule has 2 amide bonds. The maximum absolute atomic E-state index is 14.2. The van der Waals surface area contributed by atoms with Crippen LogP contribution in [0.3, 0.4) is 0 Å². The van der Waals surface area contributed by atoms with Crippen molar-refractivity contribution in [2.45, 2.75) is 63.1 Å². The van der Waals surface area contributed by atoms with Crippen molar-refractivity contribution in [2.24, 2.45) is 0 Å². The minimum absolute atomic E-state index is 0.0325. The third kappa shape index (κ3) is 7.05. The number of amides is 2. The number of carbonyl (C=O) groups is 2. The summed E-state index contributed by atoms with van der Waals surface area (Å²) in [5.41, 5.74) is 2.06. The quantitative estimate of drug-likeness (QED) is 0.327. The van der Waals surface area contributed by atoms with Gasteiger partial charge in [-0.2, -0.15) is 0 Å². The van der Waals surface area contributed by atoms with E-state index in [-0.39, 0.29) is 29.1 Å². The van der Waals surface area contributed by atoms with Gasteiger partial charge in [-0.15, -0.1) is 0 Å². The first kappa shape index (κ1) is 30.9. The molecule has 1 saturated carbocycles. The van der Waals surface area contributed by atoms with Gasteiger partial charge in [0.2, 0.25) is 11.8 Å². The van der Waals surface area contributed by atoms with Crippen LogP contribution in [0, 0.1) is 6.92 Å². The van der Waals surface area contributed by atoms with E-state index in [0.717, 1.165) is 41.1 Å². The molecule has 4 rings (SSSR count). The van der Waals surface area contributed by atoms with Crippen LogP contribution in [0.1, 0.15) is 43.7 Å². The highest BCUT2D eigenvalue weighted by Crippen LogP contribution is 2.34. The molecule has 1 unspecified atom stereocenters. The van der Waals surface area contributed by atoms with Gasteiger partial charge in [0, 0.05) is 18.7 Å². The molecule has 0 aromatic heterocycles. The van der Waals surface area contributed by atoms with Crippen LogP contribution >= 0.6 is 0 Å². The molecule has 1 aliphatic carbocycles. The summed E-state index contributed by atoms with van der Waals surface area (Å²) < 4.78 is 39.8. The average Bonchev–Trinajstić information content (AvgIpc) is 3.52. The van der Waals surface area contributed by atoms with E-state index < -0.39 is 28.5 Å². The monoisotopic (exact) mass is 593 g/mol. The van der Waals surface area contributed by atoms with E-state index >= 15 is 0 Å². The van der Waals surface area contributed by atoms with Crippen molar-refractivity contribution in [3.63, 3.8) is 0 Å². The van der Waals surface area contributed by atoms with Crippen molar-refractivity contribution in [3.8, 4) is 11.5 Å². The molecule has 1 atom stereocenters. The number of nitrogens with zero attached hydrogens (tertiary/aromatic N) is 2. The third-order valence-electron chi connectivity index (χ3n) is 7.74. The van der Waals surface area contributed by atoms with Gasteiger partial charge in [0.1, 0.15) is 12.6 Å². The van der Waals surface area contributed by atoms with Crippen molar-refractivity contribution in [2.75, 3.05) is 25.1 Å². The molecular formula is C32H39N3O6S. The van der Waals surface area contributed by atoms with Crippen LogP contribution in [0.25, 0.3) is 0 Å². The molecule has 0 spiro atoms. The summed E-state index contributed by atoms with van der Waals surface area (Å²) >= 11 is 0. The van der Waals surface area contributed by atoms with Crippen molar-refractivity contribution in [1.29, 1.82) is 0 Å². The Balaban J connectivity index is 1.73. The number of anilines is 1. The van der Waals surface area contributed by atoms with Crippen LogP contribution in [0.2, 0.25) is 0 Å². The van der Waals surface area contributed by atoms with E-state index in [4.69, 9.17) is 9.47 Å². The van der Waals surface area contributed by atoms with E-state index in [9.17, 15) is 18.0 Å². The SMILES string of the molecule is COc1ccc(N(CC(=O)N(Cc2ccccc2C)C(C)C(=O)NC2CCCC2)S(=O)(=O)c2ccccc2)cc1OC. The molecule has 42 heavy (non-hydrogen) atoms. The van der Waals surface area contributed by atoms with Crippen LogP contribution in [0.4, 0.5) is 5.69 Å². The zero-order valence-electron chi connectivity index (χ0n) is 24.6. The zero-order chi connectivity index (χ0) is 30.3. The largest absolute Gasteiger partial charge is 0.493 e. The highest BCUT2D eigenvalue weighted by Gasteiger charge is 2.34. The number of carbonyl (C=O) groups excluding carboxylic acids is 2. The number of hydrogen-bond donors (Lipinski definition) is 1. The Bertz CT molecular complexity index is 1490. The van der Waals surface area contributed by atoms with Crippen LogP contribution < -0.4 is 19.1 Å². The molecule has 3 aromatic rings. The highest BCUT2D eigenvalue weighted by molar-refractivity contribution is 7.92. The highest BCUT2D eigenvalue weighted by atomic mass is 32.2. The minimum atomic E-state index is -4.18. The molecule has 0 saturated heterocycles. The predicted octanol–water partition coefficient (Wildman–Crippen LogP) is 4.68. The fraction of sp³-hybridized carbons (Fsp3) is 0.375. The predicted molar refractivity (Wildman–Crippen MR) is 162 cm³/mol. The van der Waals surface area contributed by atoms with Crippen LogP contribution in [-0.2, 0) is 26.2 Å². The summed E-state index contributed by atoms with van der Waals surface area (Å²) in [4.78, 5) is 29.0. The summed E-state index contributed by atoms with van der Waals surface area (Å²) in [7, 11) is -1.24. The fourth-order valence-electron chi connectivity index (χ4n) is 5.17. The van der Waals surface area contributed by atoms with Gasteiger partial charge < -0.3 is 19.7 Å². The number of methoxy groups -OCH3 is 2. The molecule has 0 bridgehead atoms. The molecule has 3 aromatic carbocycles. The standard InChI is InChI=1S/C32H39N3O6S/c1-23-12-8-9-13-25(23)21-34(24(2)32(37)33-26-14-10-11-15-26)31(36)22-35(42(38,39)28-16-6-5-7-17-28)27-18-19-29(40-3)30(20-27)41-4/h5-9,12-13,16-20,24,26H,10-11,14-15,21-22H2,1-4H3,(H,33,37). The molecule has 0 heterocycles. The van der Waals surface area contributed by atoms with Gasteiger partial charge in [-0.25, -0.2) is 8.42 Å². The van der Waals surface area contributed by atoms with Crippen LogP contribution in [0.15, 0.2) is 77.7 Å². The number of aryl methyl sites for hydroxylation is 1. The lowest BCUT2D eigenvalue weighted by molar-refractivity contribution is -0.139. The van der Waals surface area contributed by atoms with Gasteiger partial charge in [-0.3, -0.25) is 13.9 Å². The first-order chi connectivity index (χ1) is 20.1. The van der Waals surface area contributed by atoms with E-state index in [2.05, 4.69) is 5.32 Å². The minimum Gasteiger partial charge on any atom is -0.493 e. The average molecular weight is 594 g/mol. The van der Waals surface area contributed by atoms with Crippen molar-refractivity contribution in [1.82, 2.24) is 10.2 Å². The van der Waals surface area contributed by atoms with E-state index in [1.807, 2.05) is 31.2 Å². The second kappa shape index (κ2) is 13.7. The number of nitrogens with one attached hydrogen (secondary N) is 1. The van der Waals surface area contributed by atoms with Gasteiger partial charge in [-0.1, -0.05) is 55.3 Å². The molecular weight excluding hydrogens is 554 g/mol. The van der Waals surface area contributed by atoms with Gasteiger partial charge in [0.25, 0.3) is 10.0 Å². The lowest BCUT2D eigenvalue weighted by Crippen LogP contribution is -2.52. The molecule has 0 aliphatic heterocycles. The van der Waals surface area contributed by atoms with E-state index in [1.165, 1.54) is 37.3 Å². The van der Waals surface area contributed by atoms with E-state index in [0.29, 0.717) is 11.5 Å². The molecule has 9 nitrogen and oxygen atoms in total. The Morgan fingerprint density at radius 1 is 0.929 bits per heavy atom. The lowest BCUT2D eigenvalue weighted by Gasteiger charge is -2.33. The molecule has 1 N–H and O–H groups in total. The van der Waals surface area contributed by atoms with Crippen LogP contribution in [-0.4, -0.2) is 58.0 Å². The third-order valence-corrected chi connectivity index (χ3v) is 9.52.